The maximum absolute atomic E-state index is 12.5. The molecule has 0 fully saturated rings. The summed E-state index contributed by atoms with van der Waals surface area (Å²) in [6.45, 7) is 12.8. The van der Waals surface area contributed by atoms with E-state index in [4.69, 9.17) is 19.9 Å². The van der Waals surface area contributed by atoms with E-state index in [2.05, 4.69) is 4.74 Å². The summed E-state index contributed by atoms with van der Waals surface area (Å²) in [4.78, 5) is 48.4. The van der Waals surface area contributed by atoms with Gasteiger partial charge in [0.2, 0.25) is 0 Å². The van der Waals surface area contributed by atoms with E-state index < -0.39 is 35.7 Å². The van der Waals surface area contributed by atoms with Gasteiger partial charge in [0.1, 0.15) is 11.6 Å². The summed E-state index contributed by atoms with van der Waals surface area (Å²) in [5.74, 6) is -2.33. The molecule has 1 unspecified atom stereocenters. The molecule has 0 spiro atoms. The molecule has 0 amide bonds. The Balaban J connectivity index is 3.27. The van der Waals surface area contributed by atoms with E-state index in [0.29, 0.717) is 5.56 Å². The first-order valence-corrected chi connectivity index (χ1v) is 11.6. The highest BCUT2D eigenvalue weighted by Gasteiger charge is 2.37. The van der Waals surface area contributed by atoms with Crippen LogP contribution in [-0.2, 0) is 30.3 Å². The van der Waals surface area contributed by atoms with Gasteiger partial charge in [0.05, 0.1) is 20.0 Å². The van der Waals surface area contributed by atoms with Crippen LogP contribution in [0.4, 0.5) is 4.79 Å². The minimum atomic E-state index is -1.81. The zero-order valence-corrected chi connectivity index (χ0v) is 22.4. The smallest absolute Gasteiger partial charge is 0.480 e. The van der Waals surface area contributed by atoms with Crippen molar-refractivity contribution in [1.82, 2.24) is 0 Å². The second kappa shape index (κ2) is 12.2. The van der Waals surface area contributed by atoms with E-state index in [0.717, 1.165) is 7.11 Å². The van der Waals surface area contributed by atoms with Crippen LogP contribution in [0, 0.1) is 10.8 Å². The minimum Gasteiger partial charge on any atom is -0.480 e. The summed E-state index contributed by atoms with van der Waals surface area (Å²) in [5, 5.41) is 9.81. The Morgan fingerprint density at radius 3 is 1.86 bits per heavy atom. The first-order chi connectivity index (χ1) is 16.3. The Morgan fingerprint density at radius 2 is 1.42 bits per heavy atom. The van der Waals surface area contributed by atoms with Crippen LogP contribution in [0.1, 0.15) is 73.3 Å². The van der Waals surface area contributed by atoms with Crippen LogP contribution >= 0.6 is 0 Å². The number of hydrogen-bond acceptors (Lipinski definition) is 9. The fourth-order valence-electron chi connectivity index (χ4n) is 3.38. The van der Waals surface area contributed by atoms with Gasteiger partial charge in [0, 0.05) is 12.8 Å². The first kappa shape index (κ1) is 30.9. The average molecular weight is 510 g/mol. The fraction of sp³-hybridized carbons (Fsp3) is 0.615. The molecule has 10 heteroatoms. The molecule has 0 aliphatic carbocycles. The van der Waals surface area contributed by atoms with Gasteiger partial charge < -0.3 is 29.8 Å². The Hall–Kier alpha value is -3.14. The van der Waals surface area contributed by atoms with E-state index in [9.17, 15) is 24.3 Å². The highest BCUT2D eigenvalue weighted by molar-refractivity contribution is 5.80. The highest BCUT2D eigenvalue weighted by atomic mass is 16.7. The second-order valence-electron chi connectivity index (χ2n) is 11.4. The van der Waals surface area contributed by atoms with Crippen molar-refractivity contribution in [1.29, 1.82) is 0 Å². The molecule has 0 bridgehead atoms. The molecule has 0 saturated carbocycles. The van der Waals surface area contributed by atoms with Crippen molar-refractivity contribution in [3.05, 3.63) is 23.8 Å². The van der Waals surface area contributed by atoms with Crippen molar-refractivity contribution in [2.45, 2.75) is 85.8 Å². The predicted molar refractivity (Wildman–Crippen MR) is 132 cm³/mol. The number of benzene rings is 1. The van der Waals surface area contributed by atoms with Gasteiger partial charge in [-0.1, -0.05) is 47.6 Å². The number of carboxylic acid groups (broad SMARTS) is 1. The molecule has 1 aromatic rings. The van der Waals surface area contributed by atoms with Crippen molar-refractivity contribution in [2.24, 2.45) is 16.6 Å². The quantitative estimate of drug-likeness (QED) is 0.346. The molecule has 202 valence electrons. The summed E-state index contributed by atoms with van der Waals surface area (Å²) in [6, 6.07) is 4.40. The Kier molecular flexibility index (Phi) is 10.5. The van der Waals surface area contributed by atoms with Gasteiger partial charge in [-0.05, 0) is 35.4 Å². The Bertz CT molecular complexity index is 959. The van der Waals surface area contributed by atoms with Crippen LogP contribution in [0.2, 0.25) is 0 Å². The third kappa shape index (κ3) is 11.1. The van der Waals surface area contributed by atoms with Crippen molar-refractivity contribution in [2.75, 3.05) is 7.11 Å². The van der Waals surface area contributed by atoms with Gasteiger partial charge in [-0.3, -0.25) is 14.4 Å². The third-order valence-corrected chi connectivity index (χ3v) is 4.87. The topological polar surface area (TPSA) is 151 Å². The molecule has 0 radical (unpaired) electrons. The molecule has 1 rings (SSSR count). The fourth-order valence-corrected chi connectivity index (χ4v) is 3.38. The largest absolute Gasteiger partial charge is 0.508 e. The van der Waals surface area contributed by atoms with Crippen LogP contribution in [0.5, 0.6) is 11.5 Å². The van der Waals surface area contributed by atoms with Crippen LogP contribution in [0.3, 0.4) is 0 Å². The zero-order valence-electron chi connectivity index (χ0n) is 22.4. The average Bonchev–Trinajstić information content (AvgIpc) is 2.66. The van der Waals surface area contributed by atoms with Gasteiger partial charge in [0.25, 0.3) is 0 Å². The van der Waals surface area contributed by atoms with Crippen molar-refractivity contribution >= 4 is 24.1 Å². The number of nitrogens with two attached hydrogens (primary N) is 1. The molecule has 2 atom stereocenters. The van der Waals surface area contributed by atoms with Crippen molar-refractivity contribution in [3.63, 3.8) is 0 Å². The lowest BCUT2D eigenvalue weighted by Gasteiger charge is -2.28. The number of aliphatic carboxylic acids is 1. The van der Waals surface area contributed by atoms with Crippen molar-refractivity contribution < 1.29 is 43.2 Å². The van der Waals surface area contributed by atoms with Crippen LogP contribution in [0.25, 0.3) is 0 Å². The first-order valence-electron chi connectivity index (χ1n) is 11.6. The Morgan fingerprint density at radius 1 is 0.917 bits per heavy atom. The van der Waals surface area contributed by atoms with Gasteiger partial charge in [0.15, 0.2) is 11.5 Å². The molecule has 0 aromatic heterocycles. The number of carboxylic acids is 1. The lowest BCUT2D eigenvalue weighted by Crippen LogP contribution is -2.52. The van der Waals surface area contributed by atoms with E-state index in [1.807, 2.05) is 41.5 Å². The third-order valence-electron chi connectivity index (χ3n) is 4.87. The maximum Gasteiger partial charge on any atom is 0.508 e. The lowest BCUT2D eigenvalue weighted by molar-refractivity contribution is -0.144. The molecule has 0 aliphatic heterocycles. The second-order valence-corrected chi connectivity index (χ2v) is 11.4. The Labute approximate surface area is 212 Å². The van der Waals surface area contributed by atoms with Gasteiger partial charge in [-0.15, -0.1) is 0 Å². The molecule has 36 heavy (non-hydrogen) atoms. The molecule has 0 saturated heterocycles. The summed E-state index contributed by atoms with van der Waals surface area (Å²) >= 11 is 0. The van der Waals surface area contributed by atoms with Gasteiger partial charge in [-0.25, -0.2) is 4.79 Å². The summed E-state index contributed by atoms with van der Waals surface area (Å²) in [6.07, 6.45) is -1.96. The zero-order chi connectivity index (χ0) is 27.9. The monoisotopic (exact) mass is 509 g/mol. The van der Waals surface area contributed by atoms with Crippen LogP contribution < -0.4 is 15.2 Å². The number of rotatable bonds is 10. The number of esters is 2. The van der Waals surface area contributed by atoms with Crippen LogP contribution in [0.15, 0.2) is 18.2 Å². The molecular formula is C26H39NO9. The highest BCUT2D eigenvalue weighted by Crippen LogP contribution is 2.33. The van der Waals surface area contributed by atoms with E-state index in [-0.39, 0.29) is 48.0 Å². The molecule has 10 nitrogen and oxygen atoms in total. The molecule has 0 heterocycles. The van der Waals surface area contributed by atoms with E-state index in [1.54, 1.807) is 0 Å². The van der Waals surface area contributed by atoms with Crippen molar-refractivity contribution in [3.8, 4) is 11.5 Å². The molecular weight excluding hydrogens is 470 g/mol. The predicted octanol–water partition coefficient (Wildman–Crippen LogP) is 4.26. The molecule has 1 aromatic carbocycles. The number of ether oxygens (including phenoxy) is 4. The minimum absolute atomic E-state index is 0.0180. The number of carbonyl (C=O) groups excluding carboxylic acids is 3. The molecule has 0 aliphatic rings. The standard InChI is InChI=1S/C26H39NO9/c1-16(34-23(32)33-8)12-26(27,22(30)31)13-17-9-10-18(35-20(28)14-24(2,3)4)19(11-17)36-21(29)15-25(5,6)7/h9-11,16H,12-15,27H2,1-8H3,(H,30,31)/t16-,26?/m0/s1. The lowest BCUT2D eigenvalue weighted by atomic mass is 9.86. The van der Waals surface area contributed by atoms with E-state index >= 15 is 0 Å². The van der Waals surface area contributed by atoms with E-state index in [1.165, 1.54) is 25.1 Å². The summed E-state index contributed by atoms with van der Waals surface area (Å²) in [7, 11) is 1.14. The maximum atomic E-state index is 12.5. The number of hydrogen-bond donors (Lipinski definition) is 2. The van der Waals surface area contributed by atoms with Gasteiger partial charge in [-0.2, -0.15) is 0 Å². The summed E-state index contributed by atoms with van der Waals surface area (Å²) in [5.41, 5.74) is 4.13. The summed E-state index contributed by atoms with van der Waals surface area (Å²) < 4.78 is 20.4. The van der Waals surface area contributed by atoms with Crippen LogP contribution in [-0.4, -0.2) is 47.9 Å². The number of methoxy groups -OCH3 is 1. The van der Waals surface area contributed by atoms with Gasteiger partial charge >= 0.3 is 24.1 Å². The normalized spacial score (nSPS) is 14.2. The SMILES string of the molecule is COC(=O)O[C@@H](C)CC(N)(Cc1ccc(OC(=O)CC(C)(C)C)c(OC(=O)CC(C)(C)C)c1)C(=O)O. The molecule has 3 N–H and O–H groups in total. The number of carbonyl (C=O) groups is 4.